The van der Waals surface area contributed by atoms with Crippen LogP contribution in [0.3, 0.4) is 0 Å². The average molecular weight is 298 g/mol. The second kappa shape index (κ2) is 7.38. The smallest absolute Gasteiger partial charge is 0.0472 e. The van der Waals surface area contributed by atoms with Gasteiger partial charge in [-0.2, -0.15) is 0 Å². The van der Waals surface area contributed by atoms with Gasteiger partial charge in [-0.25, -0.2) is 0 Å². The molecule has 0 saturated carbocycles. The van der Waals surface area contributed by atoms with Crippen LogP contribution in [-0.4, -0.2) is 18.3 Å². The maximum atomic E-state index is 8.98. The first-order valence-electron chi connectivity index (χ1n) is 7.15. The highest BCUT2D eigenvalue weighted by Gasteiger charge is 2.03. The van der Waals surface area contributed by atoms with Gasteiger partial charge < -0.3 is 27.6 Å². The lowest BCUT2D eigenvalue weighted by atomic mass is 10.0. The number of hydrogen-bond donors (Lipinski definition) is 5. The molecule has 0 aromatic heterocycles. The highest BCUT2D eigenvalue weighted by molar-refractivity contribution is 5.71. The molecule has 2 rings (SSSR count). The topological polar surface area (TPSA) is 110 Å². The molecule has 0 radical (unpaired) electrons. The van der Waals surface area contributed by atoms with E-state index >= 15 is 0 Å². The lowest BCUT2D eigenvalue weighted by molar-refractivity contribution is 0.300. The van der Waals surface area contributed by atoms with Crippen LogP contribution in [0.4, 0.5) is 22.7 Å². The Bertz CT molecular complexity index is 668. The average Bonchev–Trinajstić information content (AvgIpc) is 2.48. The highest BCUT2D eigenvalue weighted by atomic mass is 16.2. The van der Waals surface area contributed by atoms with Crippen LogP contribution < -0.4 is 22.5 Å². The number of anilines is 4. The Balaban J connectivity index is 1.99. The number of nitrogens with two attached hydrogens (primary N) is 3. The van der Waals surface area contributed by atoms with Crippen LogP contribution >= 0.6 is 0 Å². The van der Waals surface area contributed by atoms with Gasteiger partial charge in [0.15, 0.2) is 0 Å². The van der Waals surface area contributed by atoms with Crippen molar-refractivity contribution >= 4 is 28.8 Å². The zero-order valence-corrected chi connectivity index (χ0v) is 12.4. The lowest BCUT2D eigenvalue weighted by Gasteiger charge is -2.09. The Morgan fingerprint density at radius 1 is 1.05 bits per heavy atom. The van der Waals surface area contributed by atoms with Crippen LogP contribution in [0.1, 0.15) is 11.1 Å². The van der Waals surface area contributed by atoms with E-state index in [2.05, 4.69) is 5.32 Å². The van der Waals surface area contributed by atoms with E-state index in [1.165, 1.54) is 0 Å². The fourth-order valence-electron chi connectivity index (χ4n) is 2.19. The van der Waals surface area contributed by atoms with Gasteiger partial charge in [-0.15, -0.1) is 0 Å². The molecule has 8 N–H and O–H groups in total. The fourth-order valence-corrected chi connectivity index (χ4v) is 2.19. The lowest BCUT2D eigenvalue weighted by Crippen LogP contribution is -2.02. The Morgan fingerprint density at radius 2 is 1.86 bits per heavy atom. The van der Waals surface area contributed by atoms with Crippen molar-refractivity contribution in [2.45, 2.75) is 6.42 Å². The first kappa shape index (κ1) is 15.7. The third-order valence-corrected chi connectivity index (χ3v) is 3.33. The monoisotopic (exact) mass is 298 g/mol. The number of hydrogen-bond acceptors (Lipinski definition) is 5. The van der Waals surface area contributed by atoms with Crippen LogP contribution in [0.15, 0.2) is 42.5 Å². The summed E-state index contributed by atoms with van der Waals surface area (Å²) in [6.45, 7) is 0.712. The minimum absolute atomic E-state index is 0.0585. The van der Waals surface area contributed by atoms with E-state index in [4.69, 9.17) is 22.3 Å². The molecule has 5 heteroatoms. The summed E-state index contributed by atoms with van der Waals surface area (Å²) in [5.74, 6) is 0. The molecule has 0 aliphatic carbocycles. The molecule has 2 aromatic carbocycles. The summed E-state index contributed by atoms with van der Waals surface area (Å²) in [7, 11) is 0. The van der Waals surface area contributed by atoms with E-state index < -0.39 is 0 Å². The van der Waals surface area contributed by atoms with Crippen LogP contribution in [0.5, 0.6) is 0 Å². The predicted octanol–water partition coefficient (Wildman–Crippen LogP) is 2.09. The number of nitrogen functional groups attached to an aromatic ring is 3. The number of nitrogens with one attached hydrogen (secondary N) is 1. The molecule has 0 amide bonds. The summed E-state index contributed by atoms with van der Waals surface area (Å²) in [4.78, 5) is 0. The van der Waals surface area contributed by atoms with Gasteiger partial charge in [0.05, 0.1) is 0 Å². The molecule has 0 aliphatic rings. The summed E-state index contributed by atoms with van der Waals surface area (Å²) in [5, 5.41) is 12.2. The molecule has 116 valence electrons. The molecule has 0 saturated heterocycles. The van der Waals surface area contributed by atoms with Crippen molar-refractivity contribution < 1.29 is 5.11 Å². The summed E-state index contributed by atoms with van der Waals surface area (Å²) in [6.07, 6.45) is 4.41. The van der Waals surface area contributed by atoms with Crippen molar-refractivity contribution in [3.05, 3.63) is 53.6 Å². The predicted molar refractivity (Wildman–Crippen MR) is 94.4 cm³/mol. The van der Waals surface area contributed by atoms with Crippen LogP contribution in [-0.2, 0) is 6.42 Å². The molecular weight excluding hydrogens is 276 g/mol. The van der Waals surface area contributed by atoms with E-state index in [1.54, 1.807) is 0 Å². The standard InChI is InChI=1S/C17H22N4O/c18-14-4-1-5-15(11-14)21-7-2-3-12-9-17(20)13(6-8-22)10-16(12)19/h1-5,9-11,21-22H,6-8,18-20H2/b3-2+. The second-order valence-electron chi connectivity index (χ2n) is 5.06. The van der Waals surface area contributed by atoms with Crippen molar-refractivity contribution in [3.63, 3.8) is 0 Å². The van der Waals surface area contributed by atoms with E-state index in [0.717, 1.165) is 22.5 Å². The van der Waals surface area contributed by atoms with Crippen molar-refractivity contribution in [2.24, 2.45) is 0 Å². The van der Waals surface area contributed by atoms with Gasteiger partial charge in [0, 0.05) is 35.9 Å². The molecule has 0 unspecified atom stereocenters. The summed E-state index contributed by atoms with van der Waals surface area (Å²) >= 11 is 0. The minimum Gasteiger partial charge on any atom is -0.399 e. The molecule has 0 spiro atoms. The van der Waals surface area contributed by atoms with Crippen molar-refractivity contribution in [1.82, 2.24) is 0 Å². The number of aliphatic hydroxyl groups is 1. The van der Waals surface area contributed by atoms with Gasteiger partial charge in [-0.1, -0.05) is 18.2 Å². The van der Waals surface area contributed by atoms with Crippen LogP contribution in [0.2, 0.25) is 0 Å². The van der Waals surface area contributed by atoms with E-state index in [1.807, 2.05) is 48.6 Å². The quantitative estimate of drug-likeness (QED) is 0.524. The first-order valence-corrected chi connectivity index (χ1v) is 7.15. The maximum absolute atomic E-state index is 8.98. The van der Waals surface area contributed by atoms with E-state index in [0.29, 0.717) is 24.3 Å². The first-order chi connectivity index (χ1) is 10.6. The van der Waals surface area contributed by atoms with Crippen molar-refractivity contribution in [1.29, 1.82) is 0 Å². The molecule has 5 nitrogen and oxygen atoms in total. The molecule has 22 heavy (non-hydrogen) atoms. The number of aliphatic hydroxyl groups excluding tert-OH is 1. The van der Waals surface area contributed by atoms with Crippen LogP contribution in [0, 0.1) is 0 Å². The Kier molecular flexibility index (Phi) is 5.27. The van der Waals surface area contributed by atoms with Gasteiger partial charge >= 0.3 is 0 Å². The van der Waals surface area contributed by atoms with Gasteiger partial charge in [0.1, 0.15) is 0 Å². The molecular formula is C17H22N4O. The third kappa shape index (κ3) is 4.17. The minimum atomic E-state index is 0.0585. The second-order valence-corrected chi connectivity index (χ2v) is 5.06. The van der Waals surface area contributed by atoms with Crippen molar-refractivity contribution in [2.75, 3.05) is 35.7 Å². The SMILES string of the molecule is Nc1cccc(NC/C=C/c2cc(N)c(CCO)cc2N)c1. The molecule has 0 heterocycles. The van der Waals surface area contributed by atoms with Gasteiger partial charge in [-0.05, 0) is 47.9 Å². The normalized spacial score (nSPS) is 11.0. The summed E-state index contributed by atoms with van der Waals surface area (Å²) in [6, 6.07) is 11.2. The van der Waals surface area contributed by atoms with E-state index in [-0.39, 0.29) is 6.61 Å². The molecule has 0 bridgehead atoms. The zero-order valence-electron chi connectivity index (χ0n) is 12.4. The van der Waals surface area contributed by atoms with E-state index in [9.17, 15) is 0 Å². The van der Waals surface area contributed by atoms with Gasteiger partial charge in [-0.3, -0.25) is 0 Å². The van der Waals surface area contributed by atoms with Crippen LogP contribution in [0.25, 0.3) is 6.08 Å². The zero-order chi connectivity index (χ0) is 15.9. The fraction of sp³-hybridized carbons (Fsp3) is 0.176. The Labute approximate surface area is 130 Å². The molecule has 0 aliphatic heterocycles. The molecule has 2 aromatic rings. The van der Waals surface area contributed by atoms with Gasteiger partial charge in [0.25, 0.3) is 0 Å². The summed E-state index contributed by atoms with van der Waals surface area (Å²) < 4.78 is 0. The summed E-state index contributed by atoms with van der Waals surface area (Å²) in [5.41, 5.74) is 22.4. The largest absolute Gasteiger partial charge is 0.399 e. The van der Waals surface area contributed by atoms with Crippen molar-refractivity contribution in [3.8, 4) is 0 Å². The molecule has 0 fully saturated rings. The Hall–Kier alpha value is -2.66. The third-order valence-electron chi connectivity index (χ3n) is 3.33. The van der Waals surface area contributed by atoms with Gasteiger partial charge in [0.2, 0.25) is 0 Å². The molecule has 0 atom stereocenters. The Morgan fingerprint density at radius 3 is 2.59 bits per heavy atom. The number of rotatable bonds is 6. The number of benzene rings is 2. The highest BCUT2D eigenvalue weighted by Crippen LogP contribution is 2.22. The maximum Gasteiger partial charge on any atom is 0.0472 e.